The highest BCUT2D eigenvalue weighted by atomic mass is 33.1. The van der Waals surface area contributed by atoms with Gasteiger partial charge < -0.3 is 32.3 Å². The highest BCUT2D eigenvalue weighted by Gasteiger charge is 2.22. The summed E-state index contributed by atoms with van der Waals surface area (Å²) in [5.74, 6) is -2.69. The van der Waals surface area contributed by atoms with E-state index in [1.54, 1.807) is 0 Å². The van der Waals surface area contributed by atoms with Gasteiger partial charge in [0, 0.05) is 24.3 Å². The van der Waals surface area contributed by atoms with E-state index in [1.165, 1.54) is 0 Å². The van der Waals surface area contributed by atoms with E-state index in [9.17, 15) is 29.4 Å². The van der Waals surface area contributed by atoms with Gasteiger partial charge in [-0.05, 0) is 38.8 Å². The molecule has 8 N–H and O–H groups in total. The topological polar surface area (TPSA) is 185 Å². The van der Waals surface area contributed by atoms with Gasteiger partial charge in [0.25, 0.3) is 0 Å². The molecule has 0 aromatic rings. The first kappa shape index (κ1) is 34.5. The second-order valence-corrected chi connectivity index (χ2v) is 11.4. The summed E-state index contributed by atoms with van der Waals surface area (Å²) in [5, 5.41) is 23.8. The maximum Gasteiger partial charge on any atom is 0.327 e. The second-order valence-electron chi connectivity index (χ2n) is 8.81. The van der Waals surface area contributed by atoms with Crippen molar-refractivity contribution in [3.63, 3.8) is 0 Å². The van der Waals surface area contributed by atoms with Gasteiger partial charge in [-0.3, -0.25) is 9.59 Å². The average molecular weight is 551 g/mol. The molecule has 0 aliphatic rings. The van der Waals surface area contributed by atoms with Crippen LogP contribution in [0.3, 0.4) is 0 Å². The van der Waals surface area contributed by atoms with Gasteiger partial charge in [0.1, 0.15) is 12.1 Å². The van der Waals surface area contributed by atoms with Gasteiger partial charge >= 0.3 is 11.9 Å². The van der Waals surface area contributed by atoms with Crippen molar-refractivity contribution in [1.29, 1.82) is 0 Å². The van der Waals surface area contributed by atoms with Crippen LogP contribution < -0.4 is 22.1 Å². The van der Waals surface area contributed by atoms with Crippen molar-refractivity contribution in [3.05, 3.63) is 0 Å². The Labute approximate surface area is 223 Å². The number of hydrogen-bond donors (Lipinski definition) is 6. The van der Waals surface area contributed by atoms with Crippen LogP contribution in [0.15, 0.2) is 0 Å². The second kappa shape index (κ2) is 23.9. The van der Waals surface area contributed by atoms with Crippen LogP contribution in [0.4, 0.5) is 0 Å². The molecule has 0 aliphatic heterocycles. The third-order valence-electron chi connectivity index (χ3n) is 5.54. The summed E-state index contributed by atoms with van der Waals surface area (Å²) in [5.41, 5.74) is 10.9. The van der Waals surface area contributed by atoms with Gasteiger partial charge in [-0.15, -0.1) is 0 Å². The predicted octanol–water partition coefficient (Wildman–Crippen LogP) is 2.89. The van der Waals surface area contributed by atoms with Crippen LogP contribution in [-0.4, -0.2) is 70.6 Å². The van der Waals surface area contributed by atoms with E-state index in [0.717, 1.165) is 85.8 Å². The number of nitrogens with one attached hydrogen (secondary N) is 2. The van der Waals surface area contributed by atoms with E-state index >= 15 is 0 Å². The molecule has 0 bridgehead atoms. The summed E-state index contributed by atoms with van der Waals surface area (Å²) in [6.07, 6.45) is 12.2. The lowest BCUT2D eigenvalue weighted by Crippen LogP contribution is -2.43. The van der Waals surface area contributed by atoms with Crippen molar-refractivity contribution >= 4 is 45.3 Å². The molecule has 2 amide bonds. The average Bonchev–Trinajstić information content (AvgIpc) is 2.83. The minimum atomic E-state index is -1.13. The Bertz CT molecular complexity index is 575. The number of nitrogens with two attached hydrogens (primary N) is 2. The Balaban J connectivity index is 4.14. The van der Waals surface area contributed by atoms with Crippen LogP contribution in [0.1, 0.15) is 89.9 Å². The summed E-state index contributed by atoms with van der Waals surface area (Å²) in [4.78, 5) is 47.1. The number of rotatable bonds is 25. The Hall–Kier alpha value is -1.50. The molecule has 0 aromatic carbocycles. The molecule has 0 heterocycles. The van der Waals surface area contributed by atoms with E-state index in [1.807, 2.05) is 0 Å². The summed E-state index contributed by atoms with van der Waals surface area (Å²) < 4.78 is 0. The van der Waals surface area contributed by atoms with Gasteiger partial charge in [0.15, 0.2) is 0 Å². The van der Waals surface area contributed by atoms with E-state index in [0.29, 0.717) is 25.9 Å². The zero-order valence-corrected chi connectivity index (χ0v) is 23.0. The van der Waals surface area contributed by atoms with Crippen LogP contribution >= 0.6 is 21.6 Å². The molecule has 0 aliphatic carbocycles. The SMILES string of the molecule is NCCCCCCCCC(=O)NC(CSSCC(NC(=O)CCCCCCCCN)C(=O)O)C(=O)O. The molecular weight excluding hydrogens is 504 g/mol. The number of aliphatic carboxylic acids is 2. The minimum absolute atomic E-state index is 0.0925. The molecule has 2 unspecified atom stereocenters. The third-order valence-corrected chi connectivity index (χ3v) is 7.96. The van der Waals surface area contributed by atoms with Crippen molar-refractivity contribution in [1.82, 2.24) is 10.6 Å². The fourth-order valence-electron chi connectivity index (χ4n) is 3.39. The number of carbonyl (C=O) groups excluding carboxylic acids is 2. The molecule has 2 atom stereocenters. The van der Waals surface area contributed by atoms with E-state index < -0.39 is 24.0 Å². The maximum atomic E-state index is 12.1. The van der Waals surface area contributed by atoms with Crippen LogP contribution in [0.5, 0.6) is 0 Å². The van der Waals surface area contributed by atoms with E-state index in [4.69, 9.17) is 11.5 Å². The molecule has 12 heteroatoms. The summed E-state index contributed by atoms with van der Waals surface area (Å²) >= 11 is 0. The molecule has 0 aromatic heterocycles. The van der Waals surface area contributed by atoms with Crippen LogP contribution in [0.25, 0.3) is 0 Å². The van der Waals surface area contributed by atoms with Crippen molar-refractivity contribution < 1.29 is 29.4 Å². The molecule has 0 spiro atoms. The van der Waals surface area contributed by atoms with E-state index in [2.05, 4.69) is 10.6 Å². The summed E-state index contributed by atoms with van der Waals surface area (Å²) in [7, 11) is 2.32. The molecule has 0 saturated heterocycles. The Morgan fingerprint density at radius 1 is 0.556 bits per heavy atom. The van der Waals surface area contributed by atoms with Gasteiger partial charge in [0.2, 0.25) is 11.8 Å². The molecule has 0 radical (unpaired) electrons. The first-order chi connectivity index (χ1) is 17.3. The fraction of sp³-hybridized carbons (Fsp3) is 0.833. The first-order valence-electron chi connectivity index (χ1n) is 13.0. The predicted molar refractivity (Wildman–Crippen MR) is 147 cm³/mol. The van der Waals surface area contributed by atoms with Crippen molar-refractivity contribution in [2.24, 2.45) is 11.5 Å². The van der Waals surface area contributed by atoms with Gasteiger partial charge in [-0.1, -0.05) is 73.0 Å². The molecule has 0 saturated carbocycles. The number of carboxylic acid groups (broad SMARTS) is 2. The van der Waals surface area contributed by atoms with Gasteiger partial charge in [-0.2, -0.15) is 0 Å². The number of carboxylic acids is 2. The van der Waals surface area contributed by atoms with Crippen molar-refractivity contribution in [2.45, 2.75) is 102 Å². The van der Waals surface area contributed by atoms with Crippen LogP contribution in [0.2, 0.25) is 0 Å². The Morgan fingerprint density at radius 2 is 0.861 bits per heavy atom. The molecule has 36 heavy (non-hydrogen) atoms. The first-order valence-corrected chi connectivity index (χ1v) is 15.5. The zero-order chi connectivity index (χ0) is 27.0. The standard InChI is InChI=1S/C24H46N4O6S2/c25-15-11-7-3-1-5-9-13-21(29)27-19(23(31)32)17-35-36-18-20(24(33)34)28-22(30)14-10-6-2-4-8-12-16-26/h19-20H,1-18,25-26H2,(H,27,29)(H,28,30)(H,31,32)(H,33,34). The Kier molecular flexibility index (Phi) is 22.9. The normalized spacial score (nSPS) is 12.6. The number of carbonyl (C=O) groups is 4. The van der Waals surface area contributed by atoms with E-state index in [-0.39, 0.29) is 36.2 Å². The van der Waals surface area contributed by atoms with Crippen LogP contribution in [-0.2, 0) is 19.2 Å². The lowest BCUT2D eigenvalue weighted by molar-refractivity contribution is -0.141. The lowest BCUT2D eigenvalue weighted by atomic mass is 10.1. The van der Waals surface area contributed by atoms with Gasteiger partial charge in [-0.25, -0.2) is 9.59 Å². The molecular formula is C24H46N4O6S2. The highest BCUT2D eigenvalue weighted by Crippen LogP contribution is 2.23. The molecule has 210 valence electrons. The smallest absolute Gasteiger partial charge is 0.327 e. The number of amides is 2. The number of unbranched alkanes of at least 4 members (excludes halogenated alkanes) is 10. The zero-order valence-electron chi connectivity index (χ0n) is 21.4. The largest absolute Gasteiger partial charge is 0.480 e. The minimum Gasteiger partial charge on any atom is -0.480 e. The van der Waals surface area contributed by atoms with Gasteiger partial charge in [0.05, 0.1) is 0 Å². The lowest BCUT2D eigenvalue weighted by Gasteiger charge is -2.16. The van der Waals surface area contributed by atoms with Crippen molar-refractivity contribution in [2.75, 3.05) is 24.6 Å². The summed E-state index contributed by atoms with van der Waals surface area (Å²) in [6.45, 7) is 1.38. The monoisotopic (exact) mass is 550 g/mol. The summed E-state index contributed by atoms with van der Waals surface area (Å²) in [6, 6.07) is -2.11. The van der Waals surface area contributed by atoms with Crippen molar-refractivity contribution in [3.8, 4) is 0 Å². The Morgan fingerprint density at radius 3 is 1.17 bits per heavy atom. The number of hydrogen-bond acceptors (Lipinski definition) is 8. The fourth-order valence-corrected chi connectivity index (χ4v) is 5.70. The molecule has 0 fully saturated rings. The molecule has 10 nitrogen and oxygen atoms in total. The third kappa shape index (κ3) is 20.7. The highest BCUT2D eigenvalue weighted by molar-refractivity contribution is 8.76. The maximum absolute atomic E-state index is 12.1. The van der Waals surface area contributed by atoms with Crippen LogP contribution in [0, 0.1) is 0 Å². The quantitative estimate of drug-likeness (QED) is 0.0729. The molecule has 0 rings (SSSR count).